The molecule has 12 nitrogen and oxygen atoms in total. The Bertz CT molecular complexity index is 6110. The van der Waals surface area contributed by atoms with E-state index in [4.69, 9.17) is 24.5 Å². The zero-order valence-electron chi connectivity index (χ0n) is 67.1. The summed E-state index contributed by atoms with van der Waals surface area (Å²) >= 11 is 0. The van der Waals surface area contributed by atoms with E-state index in [1.54, 1.807) is 6.07 Å². The molecule has 12 heterocycles. The molecule has 0 N–H and O–H groups in total. The zero-order valence-corrected chi connectivity index (χ0v) is 62.1. The Labute approximate surface area is 606 Å². The Morgan fingerprint density at radius 1 is 0.343 bits per heavy atom. The summed E-state index contributed by atoms with van der Waals surface area (Å²) in [5.74, 6) is -2.37. The fourth-order valence-electron chi connectivity index (χ4n) is 14.1. The SMILES string of the molecule is CCc1ccc(-c2c(C)ccc3c2oc2nc(C)ccc23)[n+](C)c1.CCc1ccc(-c2c(C)ccc3c2oc2nc(CC)ccc23)[n+](C)c1.[2H]C(C)(C)c1ccc2c(n1)oc1c(-c3ccc(CC)c[n+]3C)c(C)ccc12.[2H]C([2H])([2H])C([2H])(C)Cc1ccc2c(n1)oc1c(-c3ccc(CC)c[n+]3C)c(C)ccc12. The van der Waals surface area contributed by atoms with Gasteiger partial charge in [0.15, 0.2) is 47.1 Å². The lowest BCUT2D eigenvalue weighted by atomic mass is 10.00. The van der Waals surface area contributed by atoms with Crippen LogP contribution in [0.2, 0.25) is 0 Å². The molecule has 16 rings (SSSR count). The number of furan rings is 4. The maximum atomic E-state index is 8.25. The fourth-order valence-corrected chi connectivity index (χ4v) is 14.1. The standard InChI is InChI=1S/C24H27N2O.C23H25N2O.C22H23N2O.C21H21N2O/c1-6-17-8-12-21(26(5)14-17)22-16(4)7-10-19-20-11-9-18(13-15(2)3)25-24(20)27-23(19)22;1-6-16-8-12-20(25(5)13-16)21-15(4)7-9-17-18-10-11-19(14(2)3)24-23(18)26-22(17)21;1-5-15-8-12-19(24(4)13-15)20-14(3)7-10-17-18-11-9-16(6-2)23-22(18)25-21(17)20;1-5-15-8-11-18(23(4)12-15)19-13(2)6-9-16-17-10-7-14(3)22-21(17)24-20(16)19/h7-12,14-15H,6,13H2,1-5H3;7-14H,6H2,1-5H3;7-13H,5-6H2,1-4H3;6-12H,5H2,1-4H3/q4*+1/i2D3,15D;14D;;. The van der Waals surface area contributed by atoms with E-state index in [0.29, 0.717) is 28.5 Å². The van der Waals surface area contributed by atoms with E-state index in [0.717, 1.165) is 165 Å². The van der Waals surface area contributed by atoms with E-state index in [9.17, 15) is 0 Å². The molecule has 1 atom stereocenters. The molecule has 0 aliphatic heterocycles. The molecule has 102 heavy (non-hydrogen) atoms. The van der Waals surface area contributed by atoms with Crippen LogP contribution in [0.4, 0.5) is 0 Å². The number of rotatable bonds is 12. The van der Waals surface area contributed by atoms with Crippen molar-refractivity contribution >= 4 is 88.3 Å². The highest BCUT2D eigenvalue weighted by atomic mass is 16.4. The van der Waals surface area contributed by atoms with Crippen LogP contribution in [0, 0.1) is 40.5 Å². The lowest BCUT2D eigenvalue weighted by Crippen LogP contribution is -2.31. The summed E-state index contributed by atoms with van der Waals surface area (Å²) in [4.78, 5) is 18.4. The van der Waals surface area contributed by atoms with Gasteiger partial charge in [-0.15, -0.1) is 0 Å². The second kappa shape index (κ2) is 29.1. The van der Waals surface area contributed by atoms with Crippen LogP contribution < -0.4 is 18.3 Å². The van der Waals surface area contributed by atoms with Gasteiger partial charge in [0, 0.05) is 119 Å². The first-order valence-corrected chi connectivity index (χ1v) is 35.7. The molecule has 4 aromatic carbocycles. The zero-order chi connectivity index (χ0) is 76.3. The van der Waals surface area contributed by atoms with Crippen molar-refractivity contribution in [1.82, 2.24) is 19.9 Å². The van der Waals surface area contributed by atoms with E-state index in [2.05, 4.69) is 256 Å². The van der Waals surface area contributed by atoms with Crippen molar-refractivity contribution in [3.8, 4) is 45.0 Å². The number of fused-ring (bicyclic) bond motifs is 12. The first-order chi connectivity index (χ1) is 51.0. The van der Waals surface area contributed by atoms with Gasteiger partial charge in [-0.25, -0.2) is 38.2 Å². The van der Waals surface area contributed by atoms with E-state index in [1.165, 1.54) is 45.9 Å². The molecule has 0 radical (unpaired) electrons. The van der Waals surface area contributed by atoms with Gasteiger partial charge in [0.2, 0.25) is 45.6 Å². The topological polar surface area (TPSA) is 120 Å². The minimum Gasteiger partial charge on any atom is -0.437 e. The van der Waals surface area contributed by atoms with Gasteiger partial charge >= 0.3 is 0 Å². The monoisotopic (exact) mass is 1360 g/mol. The predicted molar refractivity (Wildman–Crippen MR) is 416 cm³/mol. The Morgan fingerprint density at radius 2 is 0.647 bits per heavy atom. The number of benzene rings is 4. The van der Waals surface area contributed by atoms with Crippen molar-refractivity contribution < 1.29 is 42.8 Å². The van der Waals surface area contributed by atoms with E-state index >= 15 is 0 Å². The smallest absolute Gasteiger partial charge is 0.227 e. The minimum absolute atomic E-state index is 0.0236. The normalized spacial score (nSPS) is 13.2. The van der Waals surface area contributed by atoms with Gasteiger partial charge in [-0.1, -0.05) is 111 Å². The molecule has 1 unspecified atom stereocenters. The summed E-state index contributed by atoms with van der Waals surface area (Å²) in [6, 6.07) is 50.4. The van der Waals surface area contributed by atoms with Crippen LogP contribution in [0.25, 0.3) is 133 Å². The van der Waals surface area contributed by atoms with Gasteiger partial charge in [0.1, 0.15) is 28.2 Å². The van der Waals surface area contributed by atoms with Crippen molar-refractivity contribution in [3.63, 3.8) is 0 Å². The van der Waals surface area contributed by atoms with Gasteiger partial charge in [-0.2, -0.15) is 0 Å². The summed E-state index contributed by atoms with van der Waals surface area (Å²) in [6.45, 7) is 23.9. The van der Waals surface area contributed by atoms with Gasteiger partial charge in [0.05, 0.1) is 22.3 Å². The number of hydrogen-bond donors (Lipinski definition) is 0. The summed E-state index contributed by atoms with van der Waals surface area (Å²) in [5, 5.41) is 8.32. The fraction of sp³-hybridized carbons (Fsp3) is 0.289. The molecule has 0 aliphatic rings. The average Bonchev–Trinajstić information content (AvgIpc) is 1.63. The summed E-state index contributed by atoms with van der Waals surface area (Å²) < 4.78 is 73.0. The molecule has 12 heteroatoms. The third-order valence-corrected chi connectivity index (χ3v) is 19.9. The Hall–Kier alpha value is -10.7. The Kier molecular flexibility index (Phi) is 18.1. The second-order valence-corrected chi connectivity index (χ2v) is 27.5. The van der Waals surface area contributed by atoms with Crippen LogP contribution in [0.5, 0.6) is 0 Å². The highest BCUT2D eigenvalue weighted by molar-refractivity contribution is 6.12. The van der Waals surface area contributed by atoms with Crippen LogP contribution >= 0.6 is 0 Å². The minimum atomic E-state index is -2.39. The van der Waals surface area contributed by atoms with Crippen molar-refractivity contribution in [2.24, 2.45) is 34.1 Å². The second-order valence-electron chi connectivity index (χ2n) is 27.5. The molecule has 0 fully saturated rings. The third kappa shape index (κ3) is 13.5. The Balaban J connectivity index is 0.000000127. The molecule has 0 saturated heterocycles. The van der Waals surface area contributed by atoms with Gasteiger partial charge < -0.3 is 17.7 Å². The lowest BCUT2D eigenvalue weighted by molar-refractivity contribution is -0.660. The van der Waals surface area contributed by atoms with Crippen LogP contribution in [0.1, 0.15) is 142 Å². The molecule has 0 amide bonds. The summed E-state index contributed by atoms with van der Waals surface area (Å²) in [7, 11) is 8.31. The largest absolute Gasteiger partial charge is 0.437 e. The number of hydrogen-bond acceptors (Lipinski definition) is 8. The average molecular weight is 1360 g/mol. The number of aryl methyl sites for hydroxylation is 14. The quantitative estimate of drug-likeness (QED) is 0.111. The molecule has 0 spiro atoms. The van der Waals surface area contributed by atoms with Crippen molar-refractivity contribution in [1.29, 1.82) is 0 Å². The first-order valence-electron chi connectivity index (χ1n) is 38.2. The van der Waals surface area contributed by atoms with E-state index < -0.39 is 18.6 Å². The van der Waals surface area contributed by atoms with Gasteiger partial charge in [-0.05, 0) is 180 Å². The Morgan fingerprint density at radius 3 is 0.971 bits per heavy atom. The van der Waals surface area contributed by atoms with Crippen molar-refractivity contribution in [3.05, 3.63) is 238 Å². The third-order valence-electron chi connectivity index (χ3n) is 19.9. The maximum Gasteiger partial charge on any atom is 0.227 e. The predicted octanol–water partition coefficient (Wildman–Crippen LogP) is 20.6. The summed E-state index contributed by atoms with van der Waals surface area (Å²) in [5.41, 5.74) is 28.1. The highest BCUT2D eigenvalue weighted by Crippen LogP contribution is 2.41. The first kappa shape index (κ1) is 63.5. The molecule has 0 bridgehead atoms. The van der Waals surface area contributed by atoms with Gasteiger partial charge in [-0.3, -0.25) is 0 Å². The molecule has 0 saturated carbocycles. The van der Waals surface area contributed by atoms with Crippen molar-refractivity contribution in [2.75, 3.05) is 0 Å². The van der Waals surface area contributed by atoms with Gasteiger partial charge in [0.25, 0.3) is 0 Å². The molecular formula is C90H96N8O4+4. The molecular weight excluding hydrogens is 1260 g/mol. The number of aromatic nitrogens is 8. The lowest BCUT2D eigenvalue weighted by Gasteiger charge is -2.06. The van der Waals surface area contributed by atoms with Crippen LogP contribution in [-0.2, 0) is 66.7 Å². The molecule has 516 valence electrons. The molecule has 0 aliphatic carbocycles. The van der Waals surface area contributed by atoms with Crippen LogP contribution in [0.3, 0.4) is 0 Å². The molecule has 16 aromatic rings. The highest BCUT2D eigenvalue weighted by Gasteiger charge is 2.27. The maximum absolute atomic E-state index is 8.25. The number of nitrogens with zero attached hydrogens (tertiary/aromatic N) is 8. The summed E-state index contributed by atoms with van der Waals surface area (Å²) in [6.07, 6.45) is 13.7. The van der Waals surface area contributed by atoms with Crippen LogP contribution in [-0.4, -0.2) is 19.9 Å². The van der Waals surface area contributed by atoms with E-state index in [-0.39, 0.29) is 6.42 Å². The van der Waals surface area contributed by atoms with Crippen molar-refractivity contribution in [2.45, 2.75) is 141 Å². The molecule has 12 aromatic heterocycles. The van der Waals surface area contributed by atoms with Crippen LogP contribution in [0.15, 0.2) is 188 Å². The number of pyridine rings is 8. The van der Waals surface area contributed by atoms with E-state index in [1.807, 2.05) is 58.2 Å².